The number of hydrogen-bond acceptors (Lipinski definition) is 4. The van der Waals surface area contributed by atoms with E-state index in [1.807, 2.05) is 4.90 Å². The number of hydrazone groups is 1. The van der Waals surface area contributed by atoms with Crippen molar-refractivity contribution in [2.24, 2.45) is 11.0 Å². The zero-order chi connectivity index (χ0) is 14.1. The van der Waals surface area contributed by atoms with Crippen LogP contribution in [0.3, 0.4) is 0 Å². The number of hydrogen-bond donors (Lipinski definition) is 3. The van der Waals surface area contributed by atoms with Crippen molar-refractivity contribution in [3.8, 4) is 0 Å². The van der Waals surface area contributed by atoms with E-state index in [1.165, 1.54) is 0 Å². The number of nitrogens with one attached hydrogen (secondary N) is 2. The predicted octanol–water partition coefficient (Wildman–Crippen LogP) is 0.655. The van der Waals surface area contributed by atoms with Gasteiger partial charge in [-0.25, -0.2) is 15.0 Å². The van der Waals surface area contributed by atoms with E-state index in [2.05, 4.69) is 20.6 Å². The van der Waals surface area contributed by atoms with Gasteiger partial charge in [0.2, 0.25) is 0 Å². The van der Waals surface area contributed by atoms with Crippen molar-refractivity contribution in [3.63, 3.8) is 0 Å². The topological polar surface area (TPSA) is 103 Å². The van der Waals surface area contributed by atoms with Gasteiger partial charge in [-0.1, -0.05) is 0 Å². The lowest BCUT2D eigenvalue weighted by Gasteiger charge is -2.30. The van der Waals surface area contributed by atoms with Gasteiger partial charge in [-0.05, 0) is 25.7 Å². The molecule has 1 saturated heterocycles. The van der Waals surface area contributed by atoms with E-state index >= 15 is 0 Å². The highest BCUT2D eigenvalue weighted by atomic mass is 16.5. The summed E-state index contributed by atoms with van der Waals surface area (Å²) in [6.07, 6.45) is 1.91. The highest BCUT2D eigenvalue weighted by molar-refractivity contribution is 5.68. The van der Waals surface area contributed by atoms with Crippen LogP contribution < -0.4 is 10.7 Å². The molecule has 1 aliphatic rings. The van der Waals surface area contributed by atoms with Crippen LogP contribution >= 0.6 is 0 Å². The van der Waals surface area contributed by atoms with Crippen LogP contribution in [0, 0.1) is 5.92 Å². The van der Waals surface area contributed by atoms with Crippen LogP contribution in [0.4, 0.5) is 9.59 Å². The van der Waals surface area contributed by atoms with Crippen LogP contribution in [0.2, 0.25) is 0 Å². The van der Waals surface area contributed by atoms with Gasteiger partial charge < -0.3 is 20.1 Å². The van der Waals surface area contributed by atoms with Crippen molar-refractivity contribution in [2.45, 2.75) is 19.8 Å². The Kier molecular flexibility index (Phi) is 6.48. The van der Waals surface area contributed by atoms with Gasteiger partial charge in [0.1, 0.15) is 6.34 Å². The molecule has 108 valence electrons. The molecule has 8 heteroatoms. The summed E-state index contributed by atoms with van der Waals surface area (Å²) in [5.41, 5.74) is 2.25. The number of amides is 2. The summed E-state index contributed by atoms with van der Waals surface area (Å²) < 4.78 is 4.66. The van der Waals surface area contributed by atoms with Gasteiger partial charge in [-0.2, -0.15) is 5.10 Å². The molecule has 0 bridgehead atoms. The Morgan fingerprint density at radius 3 is 3.05 bits per heavy atom. The van der Waals surface area contributed by atoms with E-state index in [0.29, 0.717) is 19.7 Å². The molecule has 0 aromatic heterocycles. The lowest BCUT2D eigenvalue weighted by atomic mass is 9.98. The minimum absolute atomic E-state index is 0.263. The number of carbonyl (C=O) groups excluding carboxylic acids is 1. The van der Waals surface area contributed by atoms with E-state index in [1.54, 1.807) is 13.3 Å². The average Bonchev–Trinajstić information content (AvgIpc) is 2.37. The summed E-state index contributed by atoms with van der Waals surface area (Å²) in [6, 6.07) is 0. The van der Waals surface area contributed by atoms with E-state index in [-0.39, 0.29) is 5.92 Å². The third kappa shape index (κ3) is 6.49. The second-order valence-electron chi connectivity index (χ2n) is 4.27. The first-order valence-corrected chi connectivity index (χ1v) is 6.28. The standard InChI is InChI=1S/C11H20N4O4/c1-2-19-11(18)14-13-8-15-5-3-4-9(7-15)6-12-10(16)17/h8-9,12H,2-7H2,1H3,(H,14,18)(H,16,17)/t9-/m0/s1. The normalized spacial score (nSPS) is 19.2. The second kappa shape index (κ2) is 8.17. The summed E-state index contributed by atoms with van der Waals surface area (Å²) in [7, 11) is 0. The maximum atomic E-state index is 11.0. The molecule has 1 rings (SSSR count). The number of piperidine rings is 1. The first-order chi connectivity index (χ1) is 9.11. The Morgan fingerprint density at radius 2 is 2.37 bits per heavy atom. The monoisotopic (exact) mass is 272 g/mol. The number of nitrogens with zero attached hydrogens (tertiary/aromatic N) is 2. The Labute approximate surface area is 111 Å². The van der Waals surface area contributed by atoms with Gasteiger partial charge in [0.25, 0.3) is 0 Å². The smallest absolute Gasteiger partial charge is 0.427 e. The number of ether oxygens (including phenoxy) is 1. The maximum Gasteiger partial charge on any atom is 0.427 e. The summed E-state index contributed by atoms with van der Waals surface area (Å²) in [6.45, 7) is 4.01. The highest BCUT2D eigenvalue weighted by Gasteiger charge is 2.18. The largest absolute Gasteiger partial charge is 0.465 e. The van der Waals surface area contributed by atoms with Gasteiger partial charge in [0.15, 0.2) is 0 Å². The molecule has 1 heterocycles. The molecule has 3 N–H and O–H groups in total. The fraction of sp³-hybridized carbons (Fsp3) is 0.727. The summed E-state index contributed by atoms with van der Waals surface area (Å²) in [4.78, 5) is 23.4. The zero-order valence-corrected chi connectivity index (χ0v) is 11.0. The average molecular weight is 272 g/mol. The van der Waals surface area contributed by atoms with Crippen molar-refractivity contribution in [1.82, 2.24) is 15.6 Å². The number of carbonyl (C=O) groups is 2. The predicted molar refractivity (Wildman–Crippen MR) is 69.0 cm³/mol. The Morgan fingerprint density at radius 1 is 1.58 bits per heavy atom. The lowest BCUT2D eigenvalue weighted by molar-refractivity contribution is 0.152. The van der Waals surface area contributed by atoms with Crippen LogP contribution in [0.15, 0.2) is 5.10 Å². The first-order valence-electron chi connectivity index (χ1n) is 6.28. The SMILES string of the molecule is CCOC(=O)NN=CN1CCC[C@@H](CNC(=O)O)C1. The molecule has 1 fully saturated rings. The third-order valence-electron chi connectivity index (χ3n) is 2.74. The fourth-order valence-electron chi connectivity index (χ4n) is 1.93. The summed E-state index contributed by atoms with van der Waals surface area (Å²) >= 11 is 0. The molecular formula is C11H20N4O4. The summed E-state index contributed by atoms with van der Waals surface area (Å²) in [5, 5.41) is 14.7. The van der Waals surface area contributed by atoms with Crippen LogP contribution in [0.1, 0.15) is 19.8 Å². The molecule has 0 aromatic rings. The molecular weight excluding hydrogens is 252 g/mol. The van der Waals surface area contributed by atoms with Gasteiger partial charge in [0.05, 0.1) is 6.61 Å². The fourth-order valence-corrected chi connectivity index (χ4v) is 1.93. The molecule has 0 saturated carbocycles. The molecule has 2 amide bonds. The van der Waals surface area contributed by atoms with Crippen molar-refractivity contribution in [1.29, 1.82) is 0 Å². The molecule has 19 heavy (non-hydrogen) atoms. The molecule has 0 unspecified atom stereocenters. The van der Waals surface area contributed by atoms with Crippen LogP contribution in [-0.4, -0.2) is 54.8 Å². The summed E-state index contributed by atoms with van der Waals surface area (Å²) in [5.74, 6) is 0.263. The molecule has 8 nitrogen and oxygen atoms in total. The molecule has 1 aliphatic heterocycles. The van der Waals surface area contributed by atoms with Crippen molar-refractivity contribution in [3.05, 3.63) is 0 Å². The van der Waals surface area contributed by atoms with Gasteiger partial charge in [-0.3, -0.25) is 0 Å². The van der Waals surface area contributed by atoms with Crippen molar-refractivity contribution < 1.29 is 19.4 Å². The molecule has 0 aliphatic carbocycles. The Bertz CT molecular complexity index is 335. The number of carboxylic acid groups (broad SMARTS) is 1. The van der Waals surface area contributed by atoms with Gasteiger partial charge in [0, 0.05) is 19.6 Å². The van der Waals surface area contributed by atoms with E-state index in [0.717, 1.165) is 19.4 Å². The second-order valence-corrected chi connectivity index (χ2v) is 4.27. The van der Waals surface area contributed by atoms with E-state index in [9.17, 15) is 9.59 Å². The van der Waals surface area contributed by atoms with Gasteiger partial charge in [-0.15, -0.1) is 0 Å². The maximum absolute atomic E-state index is 11.0. The highest BCUT2D eigenvalue weighted by Crippen LogP contribution is 2.14. The molecule has 0 aromatic carbocycles. The van der Waals surface area contributed by atoms with Crippen molar-refractivity contribution in [2.75, 3.05) is 26.2 Å². The lowest BCUT2D eigenvalue weighted by Crippen LogP contribution is -2.40. The Balaban J connectivity index is 2.28. The third-order valence-corrected chi connectivity index (χ3v) is 2.74. The van der Waals surface area contributed by atoms with Crippen LogP contribution in [0.5, 0.6) is 0 Å². The first kappa shape index (κ1) is 15.1. The minimum atomic E-state index is -1.00. The Hall–Kier alpha value is -1.99. The molecule has 0 spiro atoms. The van der Waals surface area contributed by atoms with E-state index < -0.39 is 12.2 Å². The minimum Gasteiger partial charge on any atom is -0.465 e. The molecule has 0 radical (unpaired) electrons. The van der Waals surface area contributed by atoms with Gasteiger partial charge >= 0.3 is 12.2 Å². The van der Waals surface area contributed by atoms with Crippen LogP contribution in [0.25, 0.3) is 0 Å². The van der Waals surface area contributed by atoms with Crippen LogP contribution in [-0.2, 0) is 4.74 Å². The molecule has 1 atom stereocenters. The zero-order valence-electron chi connectivity index (χ0n) is 11.0. The van der Waals surface area contributed by atoms with E-state index in [4.69, 9.17) is 5.11 Å². The number of rotatable bonds is 5. The number of likely N-dealkylation sites (tertiary alicyclic amines) is 1. The van der Waals surface area contributed by atoms with Crippen molar-refractivity contribution >= 4 is 18.5 Å². The quantitative estimate of drug-likeness (QED) is 0.387.